The molecule has 0 radical (unpaired) electrons. The van der Waals surface area contributed by atoms with Gasteiger partial charge in [-0.25, -0.2) is 4.79 Å². The third-order valence-corrected chi connectivity index (χ3v) is 4.74. The van der Waals surface area contributed by atoms with Gasteiger partial charge in [0.15, 0.2) is 0 Å². The fraction of sp³-hybridized carbons (Fsp3) is 0.667. The third-order valence-electron chi connectivity index (χ3n) is 4.74. The molecule has 0 aromatic carbocycles. The van der Waals surface area contributed by atoms with E-state index in [4.69, 9.17) is 14.0 Å². The molecule has 1 saturated heterocycles. The summed E-state index contributed by atoms with van der Waals surface area (Å²) in [6.07, 6.45) is 1.07. The van der Waals surface area contributed by atoms with Crippen molar-refractivity contribution in [1.29, 1.82) is 0 Å². The zero-order chi connectivity index (χ0) is 20.1. The molecule has 26 heavy (non-hydrogen) atoms. The Morgan fingerprint density at radius 2 is 1.69 bits per heavy atom. The molecule has 1 aliphatic heterocycles. The first-order valence-corrected chi connectivity index (χ1v) is 8.67. The number of aromatic nitrogens is 1. The van der Waals surface area contributed by atoms with E-state index in [-0.39, 0.29) is 11.2 Å². The minimum absolute atomic E-state index is 0.203. The van der Waals surface area contributed by atoms with Crippen molar-refractivity contribution in [3.63, 3.8) is 0 Å². The quantitative estimate of drug-likeness (QED) is 0.752. The zero-order valence-electron chi connectivity index (χ0n) is 17.2. The molecular formula is C18H29BN2O5. The van der Waals surface area contributed by atoms with Gasteiger partial charge in [-0.05, 0) is 54.5 Å². The molecule has 0 saturated carbocycles. The van der Waals surface area contributed by atoms with Gasteiger partial charge in [-0.15, -0.1) is 0 Å². The predicted molar refractivity (Wildman–Crippen MR) is 102 cm³/mol. The molecule has 0 spiro atoms. The normalized spacial score (nSPS) is 18.7. The van der Waals surface area contributed by atoms with Crippen LogP contribution in [0.4, 0.5) is 10.5 Å². The Balaban J connectivity index is 2.39. The Labute approximate surface area is 155 Å². The Morgan fingerprint density at radius 3 is 2.15 bits per heavy atom. The number of pyridine rings is 1. The molecule has 1 fully saturated rings. The highest BCUT2D eigenvalue weighted by Crippen LogP contribution is 2.36. The summed E-state index contributed by atoms with van der Waals surface area (Å²) in [7, 11) is 2.51. The average Bonchev–Trinajstić information content (AvgIpc) is 2.67. The maximum Gasteiger partial charge on any atom is 0.496 e. The van der Waals surface area contributed by atoms with Gasteiger partial charge in [0.05, 0.1) is 11.2 Å². The number of anilines is 1. The van der Waals surface area contributed by atoms with E-state index in [1.807, 2.05) is 27.7 Å². The minimum atomic E-state index is -0.653. The Morgan fingerprint density at radius 1 is 1.19 bits per heavy atom. The van der Waals surface area contributed by atoms with Crippen molar-refractivity contribution in [2.75, 3.05) is 11.9 Å². The molecule has 1 aromatic rings. The molecule has 0 bridgehead atoms. The molecule has 8 heteroatoms. The molecule has 1 aliphatic rings. The number of carbonyl (C=O) groups excluding carboxylic acids is 1. The minimum Gasteiger partial charge on any atom is -0.443 e. The van der Waals surface area contributed by atoms with Gasteiger partial charge < -0.3 is 18.6 Å². The highest BCUT2D eigenvalue weighted by atomic mass is 16.7. The van der Waals surface area contributed by atoms with Crippen LogP contribution in [0.3, 0.4) is 0 Å². The van der Waals surface area contributed by atoms with Crippen LogP contribution in [-0.2, 0) is 21.1 Å². The van der Waals surface area contributed by atoms with E-state index in [0.717, 1.165) is 0 Å². The summed E-state index contributed by atoms with van der Waals surface area (Å²) < 4.78 is 18.9. The number of hydrogen-bond acceptors (Lipinski definition) is 5. The first-order valence-electron chi connectivity index (χ1n) is 8.67. The number of aryl methyl sites for hydroxylation is 1. The van der Waals surface area contributed by atoms with Crippen LogP contribution >= 0.6 is 0 Å². The maximum atomic E-state index is 12.5. The lowest BCUT2D eigenvalue weighted by molar-refractivity contribution is 0.00578. The highest BCUT2D eigenvalue weighted by Gasteiger charge is 2.52. The summed E-state index contributed by atoms with van der Waals surface area (Å²) in [6.45, 7) is 13.2. The van der Waals surface area contributed by atoms with Crippen molar-refractivity contribution in [2.24, 2.45) is 7.05 Å². The van der Waals surface area contributed by atoms with E-state index in [1.165, 1.54) is 16.5 Å². The van der Waals surface area contributed by atoms with Gasteiger partial charge in [0.2, 0.25) is 0 Å². The maximum absolute atomic E-state index is 12.5. The van der Waals surface area contributed by atoms with Crippen LogP contribution in [0.25, 0.3) is 0 Å². The number of rotatable bonds is 2. The number of hydrogen-bond donors (Lipinski definition) is 0. The molecule has 0 atom stereocenters. The van der Waals surface area contributed by atoms with Crippen LogP contribution in [-0.4, -0.2) is 41.6 Å². The van der Waals surface area contributed by atoms with E-state index in [1.54, 1.807) is 40.1 Å². The lowest BCUT2D eigenvalue weighted by Crippen LogP contribution is -2.42. The molecular weight excluding hydrogens is 335 g/mol. The summed E-state index contributed by atoms with van der Waals surface area (Å²) in [5.41, 5.74) is -1.09. The van der Waals surface area contributed by atoms with Crippen LogP contribution in [0, 0.1) is 0 Å². The Kier molecular flexibility index (Phi) is 5.07. The van der Waals surface area contributed by atoms with Crippen LogP contribution in [0.1, 0.15) is 48.5 Å². The van der Waals surface area contributed by atoms with Gasteiger partial charge in [-0.3, -0.25) is 9.69 Å². The second-order valence-electron chi connectivity index (χ2n) is 8.70. The van der Waals surface area contributed by atoms with Gasteiger partial charge >= 0.3 is 13.2 Å². The molecule has 1 aromatic heterocycles. The van der Waals surface area contributed by atoms with Crippen molar-refractivity contribution in [3.05, 3.63) is 22.6 Å². The SMILES string of the molecule is CN(C(=O)OC(C)(C)C)c1cc(B2OC(C)(C)C(C)(C)O2)cn(C)c1=O. The second-order valence-corrected chi connectivity index (χ2v) is 8.70. The summed E-state index contributed by atoms with van der Waals surface area (Å²) in [4.78, 5) is 26.1. The third kappa shape index (κ3) is 3.96. The van der Waals surface area contributed by atoms with Crippen molar-refractivity contribution < 1.29 is 18.8 Å². The van der Waals surface area contributed by atoms with Crippen molar-refractivity contribution in [1.82, 2.24) is 4.57 Å². The number of ether oxygens (including phenoxy) is 1. The molecule has 1 amide bonds. The van der Waals surface area contributed by atoms with Crippen molar-refractivity contribution >= 4 is 24.4 Å². The standard InChI is InChI=1S/C18H29BN2O5/c1-16(2,3)24-15(23)21(9)13-10-12(11-20(8)14(13)22)19-25-17(4,5)18(6,7)26-19/h10-11H,1-9H3. The molecule has 2 rings (SSSR count). The van der Waals surface area contributed by atoms with Gasteiger partial charge in [0.25, 0.3) is 5.56 Å². The van der Waals surface area contributed by atoms with Gasteiger partial charge in [0, 0.05) is 25.8 Å². The zero-order valence-corrected chi connectivity index (χ0v) is 17.2. The van der Waals surface area contributed by atoms with E-state index < -0.39 is 30.0 Å². The number of carbonyl (C=O) groups is 1. The number of nitrogens with zero attached hydrogens (tertiary/aromatic N) is 2. The highest BCUT2D eigenvalue weighted by molar-refractivity contribution is 6.62. The van der Waals surface area contributed by atoms with E-state index >= 15 is 0 Å². The first kappa shape index (κ1) is 20.5. The van der Waals surface area contributed by atoms with Crippen LogP contribution < -0.4 is 15.9 Å². The monoisotopic (exact) mass is 364 g/mol. The summed E-state index contributed by atoms with van der Waals surface area (Å²) in [5.74, 6) is 0. The molecule has 2 heterocycles. The summed E-state index contributed by atoms with van der Waals surface area (Å²) in [6, 6.07) is 1.62. The Bertz CT molecular complexity index is 748. The molecule has 7 nitrogen and oxygen atoms in total. The topological polar surface area (TPSA) is 70.0 Å². The average molecular weight is 364 g/mol. The fourth-order valence-electron chi connectivity index (χ4n) is 2.50. The van der Waals surface area contributed by atoms with Crippen molar-refractivity contribution in [2.45, 2.75) is 65.3 Å². The van der Waals surface area contributed by atoms with Gasteiger partial charge in [0.1, 0.15) is 11.3 Å². The largest absolute Gasteiger partial charge is 0.496 e. The lowest BCUT2D eigenvalue weighted by Gasteiger charge is -2.32. The van der Waals surface area contributed by atoms with Gasteiger partial charge in [-0.2, -0.15) is 0 Å². The Hall–Kier alpha value is -1.80. The summed E-state index contributed by atoms with van der Waals surface area (Å²) >= 11 is 0. The van der Waals surface area contributed by atoms with E-state index in [2.05, 4.69) is 0 Å². The van der Waals surface area contributed by atoms with Crippen LogP contribution in [0.15, 0.2) is 17.1 Å². The molecule has 0 N–H and O–H groups in total. The molecule has 144 valence electrons. The van der Waals surface area contributed by atoms with E-state index in [9.17, 15) is 9.59 Å². The van der Waals surface area contributed by atoms with Crippen LogP contribution in [0.2, 0.25) is 0 Å². The predicted octanol–water partition coefficient (Wildman–Crippen LogP) is 2.06. The van der Waals surface area contributed by atoms with Crippen molar-refractivity contribution in [3.8, 4) is 0 Å². The smallest absolute Gasteiger partial charge is 0.443 e. The summed E-state index contributed by atoms with van der Waals surface area (Å²) in [5, 5.41) is 0. The molecule has 0 aliphatic carbocycles. The lowest BCUT2D eigenvalue weighted by atomic mass is 9.80. The molecule has 0 unspecified atom stereocenters. The first-order chi connectivity index (χ1) is 11.6. The number of amides is 1. The van der Waals surface area contributed by atoms with Crippen LogP contribution in [0.5, 0.6) is 0 Å². The van der Waals surface area contributed by atoms with E-state index in [0.29, 0.717) is 5.46 Å². The fourth-order valence-corrected chi connectivity index (χ4v) is 2.50. The van der Waals surface area contributed by atoms with Gasteiger partial charge in [-0.1, -0.05) is 0 Å². The second kappa shape index (κ2) is 6.42.